The van der Waals surface area contributed by atoms with Crippen LogP contribution in [0.15, 0.2) is 12.2 Å². The third kappa shape index (κ3) is 9.26. The summed E-state index contributed by atoms with van der Waals surface area (Å²) in [5.41, 5.74) is 0.496. The molecule has 0 N–H and O–H groups in total. The van der Waals surface area contributed by atoms with Gasteiger partial charge in [-0.2, -0.15) is 0 Å². The molecule has 106 valence electrons. The lowest BCUT2D eigenvalue weighted by Crippen LogP contribution is -2.18. The van der Waals surface area contributed by atoms with Crippen LogP contribution in [0.5, 0.6) is 0 Å². The van der Waals surface area contributed by atoms with Crippen molar-refractivity contribution in [1.29, 1.82) is 0 Å². The van der Waals surface area contributed by atoms with E-state index in [4.69, 9.17) is 4.74 Å². The van der Waals surface area contributed by atoms with E-state index in [0.717, 1.165) is 31.6 Å². The number of carbonyl (C=O) groups excluding carboxylic acids is 1. The van der Waals surface area contributed by atoms with Crippen molar-refractivity contribution in [2.45, 2.75) is 78.7 Å². The van der Waals surface area contributed by atoms with Crippen LogP contribution in [0, 0.1) is 5.92 Å². The summed E-state index contributed by atoms with van der Waals surface area (Å²) < 4.78 is 5.44. The van der Waals surface area contributed by atoms with Gasteiger partial charge in [0.2, 0.25) is 0 Å². The van der Waals surface area contributed by atoms with Gasteiger partial charge in [-0.05, 0) is 32.1 Å². The molecular formula is C16H30O2. The van der Waals surface area contributed by atoms with E-state index in [2.05, 4.69) is 27.4 Å². The van der Waals surface area contributed by atoms with Crippen molar-refractivity contribution >= 4 is 5.97 Å². The maximum Gasteiger partial charge on any atom is 0.333 e. The number of hydrogen-bond donors (Lipinski definition) is 0. The van der Waals surface area contributed by atoms with Gasteiger partial charge in [0.1, 0.15) is 6.10 Å². The molecule has 0 saturated carbocycles. The zero-order chi connectivity index (χ0) is 14.0. The Labute approximate surface area is 113 Å². The van der Waals surface area contributed by atoms with Crippen LogP contribution in [-0.2, 0) is 9.53 Å². The summed E-state index contributed by atoms with van der Waals surface area (Å²) in [7, 11) is 0. The van der Waals surface area contributed by atoms with Crippen LogP contribution in [0.1, 0.15) is 72.6 Å². The largest absolute Gasteiger partial charge is 0.459 e. The van der Waals surface area contributed by atoms with Crippen LogP contribution in [0.3, 0.4) is 0 Å². The van der Waals surface area contributed by atoms with Gasteiger partial charge in [-0.1, -0.05) is 53.0 Å². The minimum Gasteiger partial charge on any atom is -0.459 e. The van der Waals surface area contributed by atoms with Gasteiger partial charge >= 0.3 is 5.97 Å². The van der Waals surface area contributed by atoms with E-state index < -0.39 is 0 Å². The van der Waals surface area contributed by atoms with Crippen molar-refractivity contribution in [1.82, 2.24) is 0 Å². The molecule has 0 fully saturated rings. The van der Waals surface area contributed by atoms with E-state index in [1.165, 1.54) is 19.3 Å². The van der Waals surface area contributed by atoms with E-state index >= 15 is 0 Å². The Hall–Kier alpha value is -0.790. The topological polar surface area (TPSA) is 26.3 Å². The first kappa shape index (κ1) is 17.2. The molecule has 0 aromatic rings. The van der Waals surface area contributed by atoms with E-state index in [-0.39, 0.29) is 12.1 Å². The number of rotatable bonds is 10. The Bertz CT molecular complexity index is 243. The number of unbranched alkanes of at least 4 members (excludes halogenated alkanes) is 2. The van der Waals surface area contributed by atoms with Gasteiger partial charge in [-0.25, -0.2) is 4.79 Å². The van der Waals surface area contributed by atoms with Crippen molar-refractivity contribution in [3.63, 3.8) is 0 Å². The first-order valence-corrected chi connectivity index (χ1v) is 7.33. The van der Waals surface area contributed by atoms with Gasteiger partial charge < -0.3 is 4.74 Å². The molecule has 0 amide bonds. The fourth-order valence-corrected chi connectivity index (χ4v) is 1.94. The summed E-state index contributed by atoms with van der Waals surface area (Å²) in [5.74, 6) is 0.549. The second kappa shape index (κ2) is 10.2. The average Bonchev–Trinajstić information content (AvgIpc) is 2.28. The second-order valence-corrected chi connectivity index (χ2v) is 5.63. The number of carbonyl (C=O) groups is 1. The molecule has 0 aliphatic rings. The molecule has 0 saturated heterocycles. The fourth-order valence-electron chi connectivity index (χ4n) is 1.94. The number of esters is 1. The molecule has 2 heteroatoms. The third-order valence-corrected chi connectivity index (χ3v) is 3.04. The van der Waals surface area contributed by atoms with E-state index in [9.17, 15) is 4.79 Å². The lowest BCUT2D eigenvalue weighted by atomic mass is 10.0. The molecule has 0 bridgehead atoms. The highest BCUT2D eigenvalue weighted by Gasteiger charge is 2.13. The first-order valence-electron chi connectivity index (χ1n) is 7.33. The van der Waals surface area contributed by atoms with Gasteiger partial charge in [0.15, 0.2) is 0 Å². The van der Waals surface area contributed by atoms with Crippen molar-refractivity contribution in [2.24, 2.45) is 5.92 Å². The molecule has 1 unspecified atom stereocenters. The zero-order valence-corrected chi connectivity index (χ0v) is 12.6. The molecule has 18 heavy (non-hydrogen) atoms. The van der Waals surface area contributed by atoms with Crippen LogP contribution in [-0.4, -0.2) is 12.1 Å². The van der Waals surface area contributed by atoms with Gasteiger partial charge in [-0.15, -0.1) is 0 Å². The molecule has 0 aromatic carbocycles. The van der Waals surface area contributed by atoms with Gasteiger partial charge in [-0.3, -0.25) is 0 Å². The molecule has 0 aromatic heterocycles. The molecule has 2 nitrogen and oxygen atoms in total. The Morgan fingerprint density at radius 2 is 1.72 bits per heavy atom. The Morgan fingerprint density at radius 3 is 2.22 bits per heavy atom. The van der Waals surface area contributed by atoms with Gasteiger partial charge in [0.05, 0.1) is 0 Å². The SMILES string of the molecule is C=C(C)C(=O)OC(CCC)CCCCCC(C)C. The predicted molar refractivity (Wildman–Crippen MR) is 77.5 cm³/mol. The summed E-state index contributed by atoms with van der Waals surface area (Å²) in [4.78, 5) is 11.5. The lowest BCUT2D eigenvalue weighted by Gasteiger charge is -2.17. The molecule has 0 heterocycles. The highest BCUT2D eigenvalue weighted by Crippen LogP contribution is 2.15. The van der Waals surface area contributed by atoms with Crippen LogP contribution in [0.4, 0.5) is 0 Å². The molecule has 0 radical (unpaired) electrons. The molecule has 0 aliphatic heterocycles. The van der Waals surface area contributed by atoms with Crippen molar-refractivity contribution in [2.75, 3.05) is 0 Å². The molecule has 1 atom stereocenters. The van der Waals surface area contributed by atoms with E-state index in [1.54, 1.807) is 6.92 Å². The summed E-state index contributed by atoms with van der Waals surface area (Å²) in [5, 5.41) is 0. The van der Waals surface area contributed by atoms with Gasteiger partial charge in [0.25, 0.3) is 0 Å². The Kier molecular flexibility index (Phi) is 9.72. The quantitative estimate of drug-likeness (QED) is 0.315. The number of ether oxygens (including phenoxy) is 1. The average molecular weight is 254 g/mol. The summed E-state index contributed by atoms with van der Waals surface area (Å²) in [6.45, 7) is 12.0. The van der Waals surface area contributed by atoms with Crippen LogP contribution in [0.25, 0.3) is 0 Å². The fraction of sp³-hybridized carbons (Fsp3) is 0.812. The first-order chi connectivity index (χ1) is 8.47. The predicted octanol–water partition coefficient (Wildman–Crippen LogP) is 4.88. The third-order valence-electron chi connectivity index (χ3n) is 3.04. The Morgan fingerprint density at radius 1 is 1.11 bits per heavy atom. The summed E-state index contributed by atoms with van der Waals surface area (Å²) >= 11 is 0. The lowest BCUT2D eigenvalue weighted by molar-refractivity contribution is -0.144. The minimum atomic E-state index is -0.240. The van der Waals surface area contributed by atoms with Crippen molar-refractivity contribution < 1.29 is 9.53 Å². The smallest absolute Gasteiger partial charge is 0.333 e. The van der Waals surface area contributed by atoms with Crippen LogP contribution < -0.4 is 0 Å². The normalized spacial score (nSPS) is 12.5. The summed E-state index contributed by atoms with van der Waals surface area (Å²) in [6, 6.07) is 0. The van der Waals surface area contributed by atoms with E-state index in [0.29, 0.717) is 5.57 Å². The highest BCUT2D eigenvalue weighted by atomic mass is 16.5. The molecular weight excluding hydrogens is 224 g/mol. The molecule has 0 rings (SSSR count). The minimum absolute atomic E-state index is 0.0817. The maximum atomic E-state index is 11.5. The van der Waals surface area contributed by atoms with Crippen LogP contribution in [0.2, 0.25) is 0 Å². The maximum absolute atomic E-state index is 11.5. The molecule has 0 aliphatic carbocycles. The van der Waals surface area contributed by atoms with Crippen LogP contribution >= 0.6 is 0 Å². The monoisotopic (exact) mass is 254 g/mol. The van der Waals surface area contributed by atoms with Crippen molar-refractivity contribution in [3.8, 4) is 0 Å². The number of hydrogen-bond acceptors (Lipinski definition) is 2. The highest BCUT2D eigenvalue weighted by molar-refractivity contribution is 5.87. The summed E-state index contributed by atoms with van der Waals surface area (Å²) in [6.07, 6.45) is 8.06. The zero-order valence-electron chi connectivity index (χ0n) is 12.6. The van der Waals surface area contributed by atoms with E-state index in [1.807, 2.05) is 0 Å². The van der Waals surface area contributed by atoms with Crippen molar-refractivity contribution in [3.05, 3.63) is 12.2 Å². The second-order valence-electron chi connectivity index (χ2n) is 5.63. The van der Waals surface area contributed by atoms with Gasteiger partial charge in [0, 0.05) is 5.57 Å². The Balaban J connectivity index is 3.83. The molecule has 0 spiro atoms. The standard InChI is InChI=1S/C16H30O2/c1-6-10-15(18-16(17)14(4)5)12-9-7-8-11-13(2)3/h13,15H,4,6-12H2,1-3,5H3.